The molecule has 66 heavy (non-hydrogen) atoms. The molecule has 3 heterocycles. The molecule has 5 aliphatic rings. The molecular weight excluding hydrogens is 798 g/mol. The van der Waals surface area contributed by atoms with Gasteiger partial charge in [0.2, 0.25) is 0 Å². The standard InChI is InChI=1S/C62H64BN3/c1-39-31-55-57-56(32-39)65(51-28-23-44(59(5,6)7)35-47(51)40-17-13-12-14-18-40)53-34-42-38-60(8,9)37-41(42)33-50(53)63(57)49-27-26-46(36-54(49)64(55)45-24-21-43(22-25-45)58(2,3)4)66-52-20-16-15-19-48(52)61(10)29-30-62(61,66)11/h12-28,31-36H,29-30,37-38H2,1-11H3. The number of para-hydroxylation sites is 1. The number of aryl methyl sites for hydroxylation is 1. The van der Waals surface area contributed by atoms with Gasteiger partial charge in [0.05, 0.1) is 11.2 Å². The minimum absolute atomic E-state index is 0.000698. The summed E-state index contributed by atoms with van der Waals surface area (Å²) in [5, 5.41) is 0. The maximum absolute atomic E-state index is 2.71. The van der Waals surface area contributed by atoms with Crippen LogP contribution in [0.4, 0.5) is 45.5 Å². The minimum atomic E-state index is -0.000698. The third kappa shape index (κ3) is 5.88. The van der Waals surface area contributed by atoms with E-state index in [4.69, 9.17) is 0 Å². The van der Waals surface area contributed by atoms with E-state index in [-0.39, 0.29) is 33.9 Å². The number of benzene rings is 7. The van der Waals surface area contributed by atoms with Crippen molar-refractivity contribution in [3.05, 3.63) is 173 Å². The molecule has 12 rings (SSSR count). The fraction of sp³-hybridized carbons (Fsp3) is 0.323. The van der Waals surface area contributed by atoms with Crippen LogP contribution in [0.2, 0.25) is 0 Å². The molecule has 3 nitrogen and oxygen atoms in total. The van der Waals surface area contributed by atoms with Crippen molar-refractivity contribution in [1.29, 1.82) is 0 Å². The Bertz CT molecular complexity index is 3150. The molecule has 2 aliphatic carbocycles. The van der Waals surface area contributed by atoms with E-state index in [9.17, 15) is 0 Å². The number of nitrogens with zero attached hydrogens (tertiary/aromatic N) is 3. The molecule has 1 saturated carbocycles. The molecule has 7 aromatic rings. The van der Waals surface area contributed by atoms with Gasteiger partial charge >= 0.3 is 0 Å². The average molecular weight is 862 g/mol. The predicted octanol–water partition coefficient (Wildman–Crippen LogP) is 14.4. The number of anilines is 8. The molecule has 0 radical (unpaired) electrons. The highest BCUT2D eigenvalue weighted by Gasteiger charge is 2.63. The first kappa shape index (κ1) is 41.4. The molecule has 330 valence electrons. The van der Waals surface area contributed by atoms with Gasteiger partial charge in [-0.15, -0.1) is 0 Å². The Labute approximate surface area is 394 Å². The van der Waals surface area contributed by atoms with Crippen molar-refractivity contribution in [1.82, 2.24) is 0 Å². The fourth-order valence-electron chi connectivity index (χ4n) is 13.0. The quantitative estimate of drug-likeness (QED) is 0.163. The van der Waals surface area contributed by atoms with Crippen LogP contribution in [0.1, 0.15) is 115 Å². The van der Waals surface area contributed by atoms with Crippen molar-refractivity contribution in [2.24, 2.45) is 5.41 Å². The minimum Gasteiger partial charge on any atom is -0.334 e. The van der Waals surface area contributed by atoms with Gasteiger partial charge in [-0.1, -0.05) is 141 Å². The zero-order valence-electron chi connectivity index (χ0n) is 41.0. The second-order valence-corrected chi connectivity index (χ2v) is 23.9. The van der Waals surface area contributed by atoms with Crippen molar-refractivity contribution in [3.8, 4) is 11.1 Å². The van der Waals surface area contributed by atoms with Gasteiger partial charge in [0.15, 0.2) is 0 Å². The molecule has 0 N–H and O–H groups in total. The lowest BCUT2D eigenvalue weighted by Gasteiger charge is -2.56. The zero-order chi connectivity index (χ0) is 45.9. The number of hydrogen-bond donors (Lipinski definition) is 0. The Morgan fingerprint density at radius 1 is 0.500 bits per heavy atom. The van der Waals surface area contributed by atoms with E-state index in [1.54, 1.807) is 0 Å². The smallest absolute Gasteiger partial charge is 0.252 e. The van der Waals surface area contributed by atoms with Crippen molar-refractivity contribution in [2.75, 3.05) is 14.7 Å². The summed E-state index contributed by atoms with van der Waals surface area (Å²) in [6.07, 6.45) is 4.57. The summed E-state index contributed by atoms with van der Waals surface area (Å²) in [5.41, 5.74) is 25.7. The summed E-state index contributed by atoms with van der Waals surface area (Å²) in [6, 6.07) is 54.8. The van der Waals surface area contributed by atoms with Gasteiger partial charge in [0.1, 0.15) is 0 Å². The maximum atomic E-state index is 2.71. The van der Waals surface area contributed by atoms with Crippen LogP contribution >= 0.6 is 0 Å². The molecular formula is C62H64BN3. The molecule has 3 aliphatic heterocycles. The van der Waals surface area contributed by atoms with Crippen LogP contribution in [0, 0.1) is 12.3 Å². The zero-order valence-corrected chi connectivity index (χ0v) is 41.0. The predicted molar refractivity (Wildman–Crippen MR) is 283 cm³/mol. The SMILES string of the molecule is Cc1cc2c3c(c1)N(c1ccc(C(C)(C)C)cc1-c1ccccc1)c1cc4c(cc1B3c1ccc(N3c5ccccc5C5(C)CCC35C)cc1N2c1ccc(C(C)(C)C)cc1)CC(C)(C)C4. The molecule has 2 unspecified atom stereocenters. The second-order valence-electron chi connectivity index (χ2n) is 23.9. The Balaban J connectivity index is 1.15. The maximum Gasteiger partial charge on any atom is 0.252 e. The highest BCUT2D eigenvalue weighted by atomic mass is 15.3. The van der Waals surface area contributed by atoms with Crippen molar-refractivity contribution < 1.29 is 0 Å². The van der Waals surface area contributed by atoms with E-state index in [1.165, 1.54) is 119 Å². The Morgan fingerprint density at radius 3 is 1.80 bits per heavy atom. The number of hydrogen-bond acceptors (Lipinski definition) is 3. The van der Waals surface area contributed by atoms with Crippen LogP contribution in [0.15, 0.2) is 140 Å². The van der Waals surface area contributed by atoms with Crippen LogP contribution in [-0.2, 0) is 29.1 Å². The van der Waals surface area contributed by atoms with Crippen LogP contribution in [0.5, 0.6) is 0 Å². The van der Waals surface area contributed by atoms with Crippen LogP contribution in [-0.4, -0.2) is 12.3 Å². The number of fused-ring (bicyclic) bond motifs is 8. The van der Waals surface area contributed by atoms with Gasteiger partial charge in [-0.3, -0.25) is 0 Å². The largest absolute Gasteiger partial charge is 0.334 e. The summed E-state index contributed by atoms with van der Waals surface area (Å²) in [7, 11) is 0. The van der Waals surface area contributed by atoms with Gasteiger partial charge < -0.3 is 14.7 Å². The lowest BCUT2D eigenvalue weighted by atomic mass is 9.33. The summed E-state index contributed by atoms with van der Waals surface area (Å²) in [4.78, 5) is 8.00. The first-order valence-corrected chi connectivity index (χ1v) is 24.6. The van der Waals surface area contributed by atoms with E-state index in [0.717, 1.165) is 12.8 Å². The van der Waals surface area contributed by atoms with Gasteiger partial charge in [0.25, 0.3) is 6.71 Å². The van der Waals surface area contributed by atoms with Crippen molar-refractivity contribution in [2.45, 2.75) is 124 Å². The molecule has 0 bridgehead atoms. The normalized spacial score (nSPS) is 20.8. The van der Waals surface area contributed by atoms with Gasteiger partial charge in [-0.25, -0.2) is 0 Å². The average Bonchev–Trinajstić information content (AvgIpc) is 3.65. The first-order valence-electron chi connectivity index (χ1n) is 24.6. The fourth-order valence-corrected chi connectivity index (χ4v) is 13.0. The highest BCUT2D eigenvalue weighted by Crippen LogP contribution is 2.65. The van der Waals surface area contributed by atoms with E-state index in [0.29, 0.717) is 0 Å². The lowest BCUT2D eigenvalue weighted by molar-refractivity contribution is 0.133. The Hall–Kier alpha value is -6.00. The highest BCUT2D eigenvalue weighted by molar-refractivity contribution is 7.00. The van der Waals surface area contributed by atoms with Crippen molar-refractivity contribution in [3.63, 3.8) is 0 Å². The monoisotopic (exact) mass is 862 g/mol. The van der Waals surface area contributed by atoms with Gasteiger partial charge in [0, 0.05) is 50.8 Å². The first-order chi connectivity index (χ1) is 31.3. The van der Waals surface area contributed by atoms with Gasteiger partial charge in [-0.2, -0.15) is 0 Å². The lowest BCUT2D eigenvalue weighted by Crippen LogP contribution is -2.62. The molecule has 0 aromatic heterocycles. The molecule has 0 saturated heterocycles. The van der Waals surface area contributed by atoms with E-state index < -0.39 is 0 Å². The van der Waals surface area contributed by atoms with Crippen molar-refractivity contribution >= 4 is 68.6 Å². The summed E-state index contributed by atoms with van der Waals surface area (Å²) in [6.45, 7) is 26.2. The van der Waals surface area contributed by atoms with Crippen LogP contribution in [0.25, 0.3) is 11.1 Å². The molecule has 7 aromatic carbocycles. The topological polar surface area (TPSA) is 9.72 Å². The van der Waals surface area contributed by atoms with E-state index in [2.05, 4.69) is 230 Å². The molecule has 4 heteroatoms. The Morgan fingerprint density at radius 2 is 1.12 bits per heavy atom. The number of rotatable bonds is 4. The Kier molecular flexibility index (Phi) is 8.65. The van der Waals surface area contributed by atoms with Crippen LogP contribution < -0.4 is 31.1 Å². The molecule has 0 spiro atoms. The summed E-state index contributed by atoms with van der Waals surface area (Å²) >= 11 is 0. The third-order valence-electron chi connectivity index (χ3n) is 16.8. The summed E-state index contributed by atoms with van der Waals surface area (Å²) in [5.74, 6) is 0. The molecule has 0 amide bonds. The van der Waals surface area contributed by atoms with Gasteiger partial charge in [-0.05, 0) is 172 Å². The second kappa shape index (κ2) is 13.8. The molecule has 2 atom stereocenters. The van der Waals surface area contributed by atoms with E-state index >= 15 is 0 Å². The van der Waals surface area contributed by atoms with Crippen LogP contribution in [0.3, 0.4) is 0 Å². The third-order valence-corrected chi connectivity index (χ3v) is 16.8. The summed E-state index contributed by atoms with van der Waals surface area (Å²) < 4.78 is 0. The molecule has 1 fully saturated rings. The van der Waals surface area contributed by atoms with E-state index in [1.807, 2.05) is 0 Å².